The van der Waals surface area contributed by atoms with E-state index in [-0.39, 0.29) is 17.8 Å². The van der Waals surface area contributed by atoms with Crippen molar-refractivity contribution in [1.82, 2.24) is 35.1 Å². The number of nitrogens with zero attached hydrogens (tertiary/aromatic N) is 8. The van der Waals surface area contributed by atoms with Crippen LogP contribution in [0.4, 0.5) is 16.6 Å². The van der Waals surface area contributed by atoms with Gasteiger partial charge >= 0.3 is 6.03 Å². The third kappa shape index (κ3) is 5.24. The number of likely N-dealkylation sites (tertiary alicyclic amines) is 1. The zero-order valence-electron chi connectivity index (χ0n) is 22.7. The van der Waals surface area contributed by atoms with Gasteiger partial charge in [0.05, 0.1) is 16.7 Å². The number of amides is 3. The Morgan fingerprint density at radius 3 is 2.62 bits per heavy atom. The van der Waals surface area contributed by atoms with Crippen LogP contribution < -0.4 is 15.5 Å². The van der Waals surface area contributed by atoms with Crippen LogP contribution in [0.25, 0.3) is 22.3 Å². The molecule has 208 valence electrons. The molecule has 0 spiro atoms. The fourth-order valence-electron chi connectivity index (χ4n) is 5.25. The van der Waals surface area contributed by atoms with Crippen LogP contribution in [-0.2, 0) is 4.79 Å². The summed E-state index contributed by atoms with van der Waals surface area (Å²) in [6, 6.07) is 5.11. The van der Waals surface area contributed by atoms with Gasteiger partial charge in [-0.25, -0.2) is 29.7 Å². The second-order valence-electron chi connectivity index (χ2n) is 10.3. The number of hydrogen-bond acceptors (Lipinski definition) is 9. The van der Waals surface area contributed by atoms with Gasteiger partial charge in [0.1, 0.15) is 18.2 Å². The van der Waals surface area contributed by atoms with Crippen LogP contribution in [0.1, 0.15) is 31.4 Å². The molecule has 0 bridgehead atoms. The summed E-state index contributed by atoms with van der Waals surface area (Å²) in [7, 11) is 2.12. The number of nitrogens with one attached hydrogen (secondary N) is 3. The number of urea groups is 1. The van der Waals surface area contributed by atoms with Crippen molar-refractivity contribution in [2.24, 2.45) is 9.98 Å². The van der Waals surface area contributed by atoms with Crippen molar-refractivity contribution in [3.05, 3.63) is 30.1 Å². The molecule has 5 heterocycles. The van der Waals surface area contributed by atoms with Gasteiger partial charge in [-0.1, -0.05) is 0 Å². The largest absolute Gasteiger partial charge is 0.354 e. The lowest BCUT2D eigenvalue weighted by Gasteiger charge is -2.33. The summed E-state index contributed by atoms with van der Waals surface area (Å²) in [4.78, 5) is 57.5. The summed E-state index contributed by atoms with van der Waals surface area (Å²) in [5, 5.41) is 5.47. The average molecular weight is 544 g/mol. The van der Waals surface area contributed by atoms with Crippen molar-refractivity contribution in [2.75, 3.05) is 63.1 Å². The Morgan fingerprint density at radius 1 is 1.05 bits per heavy atom. The molecule has 0 radical (unpaired) electrons. The number of imidazole rings is 1. The number of carbonyl (C=O) groups is 2. The van der Waals surface area contributed by atoms with Crippen molar-refractivity contribution in [3.8, 4) is 11.3 Å². The highest BCUT2D eigenvalue weighted by Gasteiger charge is 2.27. The van der Waals surface area contributed by atoms with Crippen molar-refractivity contribution >= 4 is 46.8 Å². The Bertz CT molecular complexity index is 1480. The van der Waals surface area contributed by atoms with Crippen LogP contribution in [0.2, 0.25) is 0 Å². The van der Waals surface area contributed by atoms with E-state index in [9.17, 15) is 9.59 Å². The summed E-state index contributed by atoms with van der Waals surface area (Å²) < 4.78 is 0. The number of aromatic nitrogens is 4. The quantitative estimate of drug-likeness (QED) is 0.431. The SMILES string of the molecule is CCNC(=O)Nc1nc2cc(C3C=NC(C(=O)N4CCCC4)=N3)cc(-c3cc(N4CCN(C)CC4)ncn3)c2[nH]1. The van der Waals surface area contributed by atoms with Gasteiger partial charge < -0.3 is 25.0 Å². The van der Waals surface area contributed by atoms with E-state index in [1.165, 1.54) is 0 Å². The van der Waals surface area contributed by atoms with Gasteiger partial charge in [0.25, 0.3) is 5.91 Å². The number of piperazine rings is 1. The molecule has 40 heavy (non-hydrogen) atoms. The van der Waals surface area contributed by atoms with Crippen LogP contribution in [0, 0.1) is 0 Å². The van der Waals surface area contributed by atoms with Crippen LogP contribution >= 0.6 is 0 Å². The fraction of sp³-hybridized carbons (Fsp3) is 0.444. The molecule has 2 saturated heterocycles. The molecule has 13 nitrogen and oxygen atoms in total. The van der Waals surface area contributed by atoms with Crippen molar-refractivity contribution < 1.29 is 9.59 Å². The first kappa shape index (κ1) is 25.9. The maximum absolute atomic E-state index is 12.9. The first-order valence-corrected chi connectivity index (χ1v) is 13.7. The maximum Gasteiger partial charge on any atom is 0.321 e. The molecule has 13 heteroatoms. The Labute approximate surface area is 231 Å². The Kier molecular flexibility index (Phi) is 7.11. The monoisotopic (exact) mass is 543 g/mol. The number of aliphatic imine (C=N–C) groups is 2. The highest BCUT2D eigenvalue weighted by molar-refractivity contribution is 6.40. The minimum Gasteiger partial charge on any atom is -0.354 e. The zero-order valence-corrected chi connectivity index (χ0v) is 22.7. The second kappa shape index (κ2) is 11.0. The van der Waals surface area contributed by atoms with Gasteiger partial charge in [-0.15, -0.1) is 0 Å². The van der Waals surface area contributed by atoms with Crippen molar-refractivity contribution in [3.63, 3.8) is 0 Å². The highest BCUT2D eigenvalue weighted by atomic mass is 16.2. The molecule has 3 amide bonds. The lowest BCUT2D eigenvalue weighted by Crippen LogP contribution is -2.44. The summed E-state index contributed by atoms with van der Waals surface area (Å²) in [5.74, 6) is 1.28. The Morgan fingerprint density at radius 2 is 1.85 bits per heavy atom. The van der Waals surface area contributed by atoms with E-state index in [0.717, 1.165) is 80.3 Å². The number of rotatable bonds is 6. The zero-order chi connectivity index (χ0) is 27.6. The molecule has 1 atom stereocenters. The number of anilines is 2. The summed E-state index contributed by atoms with van der Waals surface area (Å²) >= 11 is 0. The predicted octanol–water partition coefficient (Wildman–Crippen LogP) is 2.06. The first-order valence-electron chi connectivity index (χ1n) is 13.7. The predicted molar refractivity (Wildman–Crippen MR) is 154 cm³/mol. The third-order valence-electron chi connectivity index (χ3n) is 7.47. The number of aromatic amines is 1. The number of likely N-dealkylation sites (N-methyl/N-ethyl adjacent to an activating group) is 1. The van der Waals surface area contributed by atoms with E-state index in [0.29, 0.717) is 18.0 Å². The molecule has 0 saturated carbocycles. The van der Waals surface area contributed by atoms with Crippen LogP contribution in [-0.4, -0.2) is 107 Å². The van der Waals surface area contributed by atoms with E-state index in [2.05, 4.69) is 57.4 Å². The van der Waals surface area contributed by atoms with E-state index >= 15 is 0 Å². The van der Waals surface area contributed by atoms with E-state index in [4.69, 9.17) is 0 Å². The summed E-state index contributed by atoms with van der Waals surface area (Å²) in [6.07, 6.45) is 5.29. The fourth-order valence-corrected chi connectivity index (χ4v) is 5.25. The molecule has 2 fully saturated rings. The molecule has 3 aromatic rings. The minimum absolute atomic E-state index is 0.127. The van der Waals surface area contributed by atoms with E-state index in [1.807, 2.05) is 25.1 Å². The van der Waals surface area contributed by atoms with Gasteiger partial charge in [0.2, 0.25) is 11.8 Å². The number of hydrogen-bond donors (Lipinski definition) is 3. The normalized spacial score (nSPS) is 19.4. The number of carbonyl (C=O) groups excluding carboxylic acids is 2. The topological polar surface area (TPSA) is 147 Å². The molecular weight excluding hydrogens is 510 g/mol. The second-order valence-corrected chi connectivity index (χ2v) is 10.3. The lowest BCUT2D eigenvalue weighted by atomic mass is 10.0. The number of amidine groups is 1. The van der Waals surface area contributed by atoms with Gasteiger partial charge in [-0.3, -0.25) is 10.1 Å². The van der Waals surface area contributed by atoms with E-state index in [1.54, 1.807) is 17.4 Å². The molecule has 2 aromatic heterocycles. The standard InChI is InChI=1S/C27H33N11O2/c1-3-28-27(40)35-26-33-20-13-17(21-15-29-24(32-21)25(39)38-6-4-5-7-38)12-18(23(20)34-26)19-14-22(31-16-30-19)37-10-8-36(2)9-11-37/h12-16,21H,3-11H2,1-2H3,(H3,28,33,34,35,40). The Balaban J connectivity index is 1.37. The average Bonchev–Trinajstić information content (AvgIpc) is 3.74. The molecule has 1 unspecified atom stereocenters. The van der Waals surface area contributed by atoms with Gasteiger partial charge in [0.15, 0.2) is 0 Å². The lowest BCUT2D eigenvalue weighted by molar-refractivity contribution is -0.123. The molecule has 1 aromatic carbocycles. The minimum atomic E-state index is -0.430. The molecule has 6 rings (SSSR count). The molecule has 0 aliphatic carbocycles. The number of fused-ring (bicyclic) bond motifs is 1. The maximum atomic E-state index is 12.9. The number of H-pyrrole nitrogens is 1. The molecule has 3 N–H and O–H groups in total. The highest BCUT2D eigenvalue weighted by Crippen LogP contribution is 2.33. The first-order chi connectivity index (χ1) is 19.5. The van der Waals surface area contributed by atoms with Gasteiger partial charge in [-0.05, 0) is 44.5 Å². The molecular formula is C27H33N11O2. The van der Waals surface area contributed by atoms with Crippen LogP contribution in [0.3, 0.4) is 0 Å². The third-order valence-corrected chi connectivity index (χ3v) is 7.47. The number of benzene rings is 1. The Hall–Kier alpha value is -4.39. The van der Waals surface area contributed by atoms with Crippen LogP contribution in [0.5, 0.6) is 0 Å². The van der Waals surface area contributed by atoms with Gasteiger partial charge in [-0.2, -0.15) is 0 Å². The summed E-state index contributed by atoms with van der Waals surface area (Å²) in [6.45, 7) is 7.52. The van der Waals surface area contributed by atoms with Gasteiger partial charge in [0, 0.05) is 63.7 Å². The van der Waals surface area contributed by atoms with Crippen LogP contribution in [0.15, 0.2) is 34.5 Å². The van der Waals surface area contributed by atoms with Crippen molar-refractivity contribution in [1.29, 1.82) is 0 Å². The molecule has 3 aliphatic heterocycles. The summed E-state index contributed by atoms with van der Waals surface area (Å²) in [5.41, 5.74) is 3.71. The van der Waals surface area contributed by atoms with E-state index < -0.39 is 6.04 Å². The van der Waals surface area contributed by atoms with Crippen molar-refractivity contribution in [2.45, 2.75) is 25.8 Å². The smallest absolute Gasteiger partial charge is 0.321 e. The molecule has 3 aliphatic rings.